The van der Waals surface area contributed by atoms with Gasteiger partial charge in [-0.25, -0.2) is 13.2 Å². The summed E-state index contributed by atoms with van der Waals surface area (Å²) in [5.41, 5.74) is 2.63. The summed E-state index contributed by atoms with van der Waals surface area (Å²) in [6, 6.07) is 11.4. The highest BCUT2D eigenvalue weighted by molar-refractivity contribution is 7.89. The summed E-state index contributed by atoms with van der Waals surface area (Å²) in [7, 11) is -0.742. The summed E-state index contributed by atoms with van der Waals surface area (Å²) in [5, 5.41) is 8.98. The fraction of sp³-hybridized carbons (Fsp3) is 0.600. The molecule has 3 N–H and O–H groups in total. The fourth-order valence-electron chi connectivity index (χ4n) is 6.04. The summed E-state index contributed by atoms with van der Waals surface area (Å²) in [6.45, 7) is 12.4. The number of amides is 3. The molecule has 0 spiro atoms. The van der Waals surface area contributed by atoms with E-state index >= 15 is 0 Å². The third kappa shape index (κ3) is 15.8. The van der Waals surface area contributed by atoms with Crippen molar-refractivity contribution >= 4 is 33.8 Å². The van der Waals surface area contributed by atoms with Crippen LogP contribution in [0.25, 0.3) is 0 Å². The second kappa shape index (κ2) is 22.4. The Morgan fingerprint density at radius 2 is 1.56 bits per heavy atom. The number of aryl methyl sites for hydroxylation is 2. The first kappa shape index (κ1) is 45.2. The van der Waals surface area contributed by atoms with E-state index in [1.165, 1.54) is 11.4 Å². The van der Waals surface area contributed by atoms with Crippen LogP contribution in [0.5, 0.6) is 5.75 Å². The number of nitrogens with zero attached hydrogens (tertiary/aromatic N) is 3. The van der Waals surface area contributed by atoms with E-state index in [2.05, 4.69) is 20.9 Å². The molecule has 2 aromatic carbocycles. The number of benzene rings is 2. The minimum absolute atomic E-state index is 0.00369. The standard InChI is InChI=1S/C40H62N6O8S/c1-30-26-34(52-7)27-31(2)37(30)55(50,51)45(6)24-25-53-29-36(48)46(28-32-15-17-33(18-16-32)38-42-21-22-43-38)23-13-9-12-19-41-35(47)14-10-8-11-20-44-39(49)54-40(3,4)5/h15-18,26-27H,8-14,19-25,28-29H2,1-7H3,(H,41,47)(H,42,43)(H,44,49). The second-order valence-corrected chi connectivity index (χ2v) is 16.8. The number of carbonyl (C=O) groups is 3. The maximum Gasteiger partial charge on any atom is 0.407 e. The molecule has 0 saturated heterocycles. The van der Waals surface area contributed by atoms with Gasteiger partial charge in [0.2, 0.25) is 21.8 Å². The topological polar surface area (TPSA) is 168 Å². The zero-order valence-electron chi connectivity index (χ0n) is 33.8. The van der Waals surface area contributed by atoms with E-state index < -0.39 is 21.7 Å². The van der Waals surface area contributed by atoms with E-state index in [1.807, 2.05) is 45.0 Å². The van der Waals surface area contributed by atoms with Crippen LogP contribution >= 0.6 is 0 Å². The van der Waals surface area contributed by atoms with Crippen molar-refractivity contribution in [2.24, 2.45) is 4.99 Å². The maximum atomic E-state index is 13.4. The third-order valence-corrected chi connectivity index (χ3v) is 11.1. The van der Waals surface area contributed by atoms with Gasteiger partial charge in [-0.1, -0.05) is 30.7 Å². The molecular weight excluding hydrogens is 725 g/mol. The zero-order chi connectivity index (χ0) is 40.4. The Balaban J connectivity index is 1.43. The fourth-order valence-corrected chi connectivity index (χ4v) is 7.60. The smallest absolute Gasteiger partial charge is 0.407 e. The van der Waals surface area contributed by atoms with Crippen molar-refractivity contribution in [1.29, 1.82) is 0 Å². The van der Waals surface area contributed by atoms with Gasteiger partial charge in [-0.2, -0.15) is 4.31 Å². The van der Waals surface area contributed by atoms with Gasteiger partial charge in [0.15, 0.2) is 0 Å². The van der Waals surface area contributed by atoms with Gasteiger partial charge in [0.1, 0.15) is 23.8 Å². The Kier molecular flexibility index (Phi) is 18.4. The molecule has 55 heavy (non-hydrogen) atoms. The molecule has 306 valence electrons. The van der Waals surface area contributed by atoms with Crippen LogP contribution in [-0.2, 0) is 35.6 Å². The first-order chi connectivity index (χ1) is 26.1. The van der Waals surface area contributed by atoms with Crippen molar-refractivity contribution in [3.05, 3.63) is 58.7 Å². The molecule has 0 saturated carbocycles. The van der Waals surface area contributed by atoms with Crippen molar-refractivity contribution in [2.45, 2.75) is 96.6 Å². The number of hydrogen-bond donors (Lipinski definition) is 3. The molecule has 0 unspecified atom stereocenters. The van der Waals surface area contributed by atoms with E-state index in [-0.39, 0.29) is 36.5 Å². The van der Waals surface area contributed by atoms with Gasteiger partial charge in [0, 0.05) is 58.3 Å². The van der Waals surface area contributed by atoms with Crippen molar-refractivity contribution in [1.82, 2.24) is 25.2 Å². The molecule has 3 amide bonds. The first-order valence-electron chi connectivity index (χ1n) is 19.2. The van der Waals surface area contributed by atoms with E-state index in [0.717, 1.165) is 68.6 Å². The summed E-state index contributed by atoms with van der Waals surface area (Å²) in [4.78, 5) is 44.0. The summed E-state index contributed by atoms with van der Waals surface area (Å²) in [6.07, 6.45) is 4.67. The lowest BCUT2D eigenvalue weighted by molar-refractivity contribution is -0.136. The molecule has 15 heteroatoms. The molecule has 0 aliphatic carbocycles. The lowest BCUT2D eigenvalue weighted by atomic mass is 10.1. The normalized spacial score (nSPS) is 12.9. The lowest BCUT2D eigenvalue weighted by Crippen LogP contribution is -2.36. The largest absolute Gasteiger partial charge is 0.497 e. The number of nitrogens with one attached hydrogen (secondary N) is 3. The number of ether oxygens (including phenoxy) is 3. The number of carbonyl (C=O) groups excluding carboxylic acids is 3. The van der Waals surface area contributed by atoms with Crippen LogP contribution in [0.2, 0.25) is 0 Å². The minimum atomic E-state index is -3.79. The van der Waals surface area contributed by atoms with Gasteiger partial charge < -0.3 is 35.1 Å². The number of hydrogen-bond acceptors (Lipinski definition) is 10. The van der Waals surface area contributed by atoms with E-state index in [0.29, 0.717) is 49.5 Å². The number of aliphatic imine (C=N–C) groups is 1. The molecule has 0 bridgehead atoms. The molecule has 0 atom stereocenters. The molecular formula is C40H62N6O8S. The molecule has 2 aromatic rings. The third-order valence-electron chi connectivity index (χ3n) is 8.92. The quantitative estimate of drug-likeness (QED) is 0.135. The Morgan fingerprint density at radius 1 is 0.909 bits per heavy atom. The molecule has 0 aromatic heterocycles. The number of alkyl carbamates (subject to hydrolysis) is 1. The first-order valence-corrected chi connectivity index (χ1v) is 20.6. The Labute approximate surface area is 327 Å². The predicted molar refractivity (Wildman–Crippen MR) is 214 cm³/mol. The van der Waals surface area contributed by atoms with Crippen LogP contribution in [0.15, 0.2) is 46.3 Å². The summed E-state index contributed by atoms with van der Waals surface area (Å²) in [5.74, 6) is 1.28. The van der Waals surface area contributed by atoms with Gasteiger partial charge in [-0.05, 0) is 95.5 Å². The maximum absolute atomic E-state index is 13.4. The predicted octanol–water partition coefficient (Wildman–Crippen LogP) is 4.70. The van der Waals surface area contributed by atoms with Crippen LogP contribution in [0.3, 0.4) is 0 Å². The molecule has 14 nitrogen and oxygen atoms in total. The van der Waals surface area contributed by atoms with Gasteiger partial charge in [0.05, 0.1) is 25.2 Å². The SMILES string of the molecule is COc1cc(C)c(S(=O)(=O)N(C)CCOCC(=O)N(CCCCCNC(=O)CCCCCNC(=O)OC(C)(C)C)Cc2ccc(C3=NCCN3)cc2)c(C)c1. The van der Waals surface area contributed by atoms with Crippen molar-refractivity contribution in [3.63, 3.8) is 0 Å². The number of unbranched alkanes of at least 4 members (excludes halogenated alkanes) is 4. The molecule has 3 rings (SSSR count). The van der Waals surface area contributed by atoms with E-state index in [4.69, 9.17) is 14.2 Å². The van der Waals surface area contributed by atoms with Crippen LogP contribution in [-0.4, -0.2) is 114 Å². The number of likely N-dealkylation sites (N-methyl/N-ethyl adjacent to an activating group) is 1. The number of sulfonamides is 1. The Hall–Kier alpha value is -4.21. The Bertz CT molecular complexity index is 1670. The summed E-state index contributed by atoms with van der Waals surface area (Å²) >= 11 is 0. The highest BCUT2D eigenvalue weighted by Gasteiger charge is 2.26. The highest BCUT2D eigenvalue weighted by Crippen LogP contribution is 2.27. The molecule has 1 aliphatic heterocycles. The molecule has 0 fully saturated rings. The molecule has 1 aliphatic rings. The Morgan fingerprint density at radius 3 is 2.18 bits per heavy atom. The van der Waals surface area contributed by atoms with Gasteiger partial charge >= 0.3 is 6.09 Å². The average Bonchev–Trinajstić information content (AvgIpc) is 3.66. The monoisotopic (exact) mass is 786 g/mol. The molecule has 0 radical (unpaired) electrons. The van der Waals surface area contributed by atoms with E-state index in [9.17, 15) is 22.8 Å². The van der Waals surface area contributed by atoms with Crippen molar-refractivity contribution < 1.29 is 37.0 Å². The van der Waals surface area contributed by atoms with E-state index in [1.54, 1.807) is 38.0 Å². The molecule has 1 heterocycles. The van der Waals surface area contributed by atoms with Crippen LogP contribution < -0.4 is 20.7 Å². The zero-order valence-corrected chi connectivity index (χ0v) is 34.6. The minimum Gasteiger partial charge on any atom is -0.497 e. The van der Waals surface area contributed by atoms with Crippen LogP contribution in [0.4, 0.5) is 4.79 Å². The van der Waals surface area contributed by atoms with Crippen molar-refractivity contribution in [3.8, 4) is 5.75 Å². The highest BCUT2D eigenvalue weighted by atomic mass is 32.2. The van der Waals surface area contributed by atoms with Crippen molar-refractivity contribution in [2.75, 3.05) is 66.6 Å². The number of rotatable bonds is 23. The lowest BCUT2D eigenvalue weighted by Gasteiger charge is -2.24. The van der Waals surface area contributed by atoms with Gasteiger partial charge in [0.25, 0.3) is 0 Å². The summed E-state index contributed by atoms with van der Waals surface area (Å²) < 4.78 is 44.3. The average molecular weight is 787 g/mol. The van der Waals surface area contributed by atoms with Gasteiger partial charge in [-0.15, -0.1) is 0 Å². The number of methoxy groups -OCH3 is 1. The second-order valence-electron chi connectivity index (χ2n) is 14.8. The number of amidine groups is 1. The van der Waals surface area contributed by atoms with Gasteiger partial charge in [-0.3, -0.25) is 14.6 Å². The van der Waals surface area contributed by atoms with Crippen LogP contribution in [0.1, 0.15) is 88.0 Å². The van der Waals surface area contributed by atoms with Crippen LogP contribution in [0, 0.1) is 13.8 Å².